The second-order valence-electron chi connectivity index (χ2n) is 2.32. The van der Waals surface area contributed by atoms with E-state index in [1.54, 1.807) is 22.6 Å². The minimum atomic E-state index is -4.74. The van der Waals surface area contributed by atoms with E-state index in [0.29, 0.717) is 0 Å². The molecule has 0 amide bonds. The minimum absolute atomic E-state index is 0.186. The zero-order valence-electron chi connectivity index (χ0n) is 6.12. The molecule has 1 rings (SSSR count). The van der Waals surface area contributed by atoms with Crippen LogP contribution in [0.1, 0.15) is 5.56 Å². The van der Waals surface area contributed by atoms with Crippen LogP contribution >= 0.6 is 22.6 Å². The largest absolute Gasteiger partial charge is 0.421 e. The molecule has 1 aromatic carbocycles. The van der Waals surface area contributed by atoms with Gasteiger partial charge in [0.1, 0.15) is 11.4 Å². The zero-order chi connectivity index (χ0) is 10.2. The summed E-state index contributed by atoms with van der Waals surface area (Å²) in [7, 11) is 0. The molecule has 0 unspecified atom stereocenters. The fraction of sp³-hybridized carbons (Fsp3) is 0.143. The Labute approximate surface area is 85.1 Å². The van der Waals surface area contributed by atoms with Gasteiger partial charge in [0.05, 0.1) is 5.69 Å². The number of rotatable bonds is 0. The van der Waals surface area contributed by atoms with Crippen molar-refractivity contribution in [3.05, 3.63) is 27.1 Å². The van der Waals surface area contributed by atoms with Crippen LogP contribution in [0.2, 0.25) is 0 Å². The summed E-state index contributed by atoms with van der Waals surface area (Å²) in [5, 5.41) is 0. The summed E-state index contributed by atoms with van der Waals surface area (Å²) in [4.78, 5) is 0. The van der Waals surface area contributed by atoms with Gasteiger partial charge < -0.3 is 5.73 Å². The van der Waals surface area contributed by atoms with E-state index in [9.17, 15) is 17.6 Å². The number of alkyl halides is 3. The molecule has 0 aliphatic carbocycles. The normalized spacial score (nSPS) is 11.8. The Morgan fingerprint density at radius 2 is 1.77 bits per heavy atom. The van der Waals surface area contributed by atoms with Crippen molar-refractivity contribution < 1.29 is 17.6 Å². The first-order valence-electron chi connectivity index (χ1n) is 3.14. The van der Waals surface area contributed by atoms with Crippen molar-refractivity contribution in [3.8, 4) is 0 Å². The van der Waals surface area contributed by atoms with Crippen LogP contribution in [0.4, 0.5) is 23.2 Å². The van der Waals surface area contributed by atoms with Crippen molar-refractivity contribution in [3.63, 3.8) is 0 Å². The predicted molar refractivity (Wildman–Crippen MR) is 48.5 cm³/mol. The quantitative estimate of drug-likeness (QED) is 0.445. The Kier molecular flexibility index (Phi) is 2.69. The molecule has 72 valence electrons. The number of hydrogen-bond acceptors (Lipinski definition) is 1. The van der Waals surface area contributed by atoms with E-state index in [1.165, 1.54) is 6.07 Å². The minimum Gasteiger partial charge on any atom is -0.397 e. The SMILES string of the molecule is Nc1c(I)ccc(F)c1C(F)(F)F. The number of anilines is 1. The molecule has 0 aliphatic rings. The molecule has 0 spiro atoms. The molecule has 0 atom stereocenters. The van der Waals surface area contributed by atoms with Gasteiger partial charge in [0.15, 0.2) is 0 Å². The van der Waals surface area contributed by atoms with Crippen molar-refractivity contribution in [2.75, 3.05) is 5.73 Å². The molecule has 0 aliphatic heterocycles. The van der Waals surface area contributed by atoms with Crippen LogP contribution in [0.3, 0.4) is 0 Å². The molecule has 0 bridgehead atoms. The van der Waals surface area contributed by atoms with Gasteiger partial charge in [-0.2, -0.15) is 13.2 Å². The van der Waals surface area contributed by atoms with Crippen molar-refractivity contribution in [1.82, 2.24) is 0 Å². The second-order valence-corrected chi connectivity index (χ2v) is 3.48. The number of hydrogen-bond donors (Lipinski definition) is 1. The first kappa shape index (κ1) is 10.6. The van der Waals surface area contributed by atoms with Gasteiger partial charge in [-0.3, -0.25) is 0 Å². The average Bonchev–Trinajstić information content (AvgIpc) is 1.95. The first-order chi connectivity index (χ1) is 5.84. The second kappa shape index (κ2) is 3.32. The molecule has 1 nitrogen and oxygen atoms in total. The smallest absolute Gasteiger partial charge is 0.397 e. The van der Waals surface area contributed by atoms with Crippen molar-refractivity contribution >= 4 is 28.3 Å². The molecule has 0 fully saturated rings. The number of nitrogen functional groups attached to an aromatic ring is 1. The van der Waals surface area contributed by atoms with Crippen LogP contribution in [-0.2, 0) is 6.18 Å². The van der Waals surface area contributed by atoms with Gasteiger partial charge >= 0.3 is 6.18 Å². The lowest BCUT2D eigenvalue weighted by molar-refractivity contribution is -0.139. The predicted octanol–water partition coefficient (Wildman–Crippen LogP) is 3.03. The number of benzene rings is 1. The van der Waals surface area contributed by atoms with Crippen molar-refractivity contribution in [1.29, 1.82) is 0 Å². The molecule has 2 N–H and O–H groups in total. The van der Waals surface area contributed by atoms with Crippen LogP contribution in [0, 0.1) is 9.39 Å². The van der Waals surface area contributed by atoms with Crippen LogP contribution in [-0.4, -0.2) is 0 Å². The Morgan fingerprint density at radius 3 is 2.15 bits per heavy atom. The Hall–Kier alpha value is -0.530. The molecule has 0 saturated heterocycles. The number of halogens is 5. The topological polar surface area (TPSA) is 26.0 Å². The molecule has 0 radical (unpaired) electrons. The lowest BCUT2D eigenvalue weighted by atomic mass is 10.1. The van der Waals surface area contributed by atoms with Crippen LogP contribution in [0.5, 0.6) is 0 Å². The Balaban J connectivity index is 3.43. The summed E-state index contributed by atoms with van der Waals surface area (Å²) in [6.45, 7) is 0. The summed E-state index contributed by atoms with van der Waals surface area (Å²) in [5.74, 6) is -1.34. The highest BCUT2D eigenvalue weighted by Gasteiger charge is 2.37. The fourth-order valence-electron chi connectivity index (χ4n) is 0.856. The van der Waals surface area contributed by atoms with Gasteiger partial charge in [-0.05, 0) is 34.7 Å². The molecule has 1 aromatic rings. The van der Waals surface area contributed by atoms with Gasteiger partial charge in [-0.25, -0.2) is 4.39 Å². The van der Waals surface area contributed by atoms with E-state index in [1.807, 2.05) is 0 Å². The number of nitrogens with two attached hydrogens (primary N) is 1. The summed E-state index contributed by atoms with van der Waals surface area (Å²) in [6, 6.07) is 1.95. The zero-order valence-corrected chi connectivity index (χ0v) is 8.28. The van der Waals surface area contributed by atoms with E-state index in [4.69, 9.17) is 5.73 Å². The van der Waals surface area contributed by atoms with Gasteiger partial charge in [0.2, 0.25) is 0 Å². The molecule has 6 heteroatoms. The lowest BCUT2D eigenvalue weighted by Gasteiger charge is -2.11. The first-order valence-corrected chi connectivity index (χ1v) is 4.22. The molecule has 13 heavy (non-hydrogen) atoms. The van der Waals surface area contributed by atoms with Crippen molar-refractivity contribution in [2.24, 2.45) is 0 Å². The standard InChI is InChI=1S/C7H4F4IN/c8-3-1-2-4(12)6(13)5(3)7(9,10)11/h1-2H,13H2. The molecular weight excluding hydrogens is 301 g/mol. The maximum atomic E-state index is 12.7. The molecule has 0 saturated carbocycles. The van der Waals surface area contributed by atoms with E-state index in [-0.39, 0.29) is 3.57 Å². The van der Waals surface area contributed by atoms with Gasteiger partial charge in [0.25, 0.3) is 0 Å². The van der Waals surface area contributed by atoms with E-state index >= 15 is 0 Å². The van der Waals surface area contributed by atoms with E-state index < -0.39 is 23.2 Å². The Bertz CT molecular complexity index is 334. The van der Waals surface area contributed by atoms with E-state index in [2.05, 4.69) is 0 Å². The van der Waals surface area contributed by atoms with Crippen molar-refractivity contribution in [2.45, 2.75) is 6.18 Å². The summed E-state index contributed by atoms with van der Waals surface area (Å²) >= 11 is 1.61. The summed E-state index contributed by atoms with van der Waals surface area (Å²) in [6.07, 6.45) is -4.74. The highest BCUT2D eigenvalue weighted by atomic mass is 127. The third-order valence-corrected chi connectivity index (χ3v) is 2.37. The molecule has 0 heterocycles. The highest BCUT2D eigenvalue weighted by molar-refractivity contribution is 14.1. The Morgan fingerprint density at radius 1 is 1.23 bits per heavy atom. The third kappa shape index (κ3) is 2.04. The monoisotopic (exact) mass is 305 g/mol. The fourth-order valence-corrected chi connectivity index (χ4v) is 1.31. The van der Waals surface area contributed by atoms with Crippen LogP contribution in [0.15, 0.2) is 12.1 Å². The van der Waals surface area contributed by atoms with E-state index in [0.717, 1.165) is 6.07 Å². The lowest BCUT2D eigenvalue weighted by Crippen LogP contribution is -2.12. The van der Waals surface area contributed by atoms with Gasteiger partial charge in [0, 0.05) is 3.57 Å². The summed E-state index contributed by atoms with van der Waals surface area (Å²) < 4.78 is 49.4. The average molecular weight is 305 g/mol. The van der Waals surface area contributed by atoms with Gasteiger partial charge in [-0.15, -0.1) is 0 Å². The molecular formula is C7H4F4IN. The maximum Gasteiger partial charge on any atom is 0.421 e. The van der Waals surface area contributed by atoms with Gasteiger partial charge in [-0.1, -0.05) is 0 Å². The highest BCUT2D eigenvalue weighted by Crippen LogP contribution is 2.37. The summed E-state index contributed by atoms with van der Waals surface area (Å²) in [5.41, 5.74) is 3.15. The maximum absolute atomic E-state index is 12.7. The van der Waals surface area contributed by atoms with Crippen LogP contribution in [0.25, 0.3) is 0 Å². The molecule has 0 aromatic heterocycles. The third-order valence-electron chi connectivity index (χ3n) is 1.42. The van der Waals surface area contributed by atoms with Crippen LogP contribution < -0.4 is 5.73 Å².